The Morgan fingerprint density at radius 3 is 2.38 bits per heavy atom. The van der Waals surface area contributed by atoms with Crippen LogP contribution in [0.25, 0.3) is 0 Å². The molecular formula is C11H22N2. The van der Waals surface area contributed by atoms with E-state index in [4.69, 9.17) is 5.73 Å². The summed E-state index contributed by atoms with van der Waals surface area (Å²) in [5.74, 6) is 0. The van der Waals surface area contributed by atoms with Crippen molar-refractivity contribution in [2.45, 2.75) is 44.6 Å². The number of hydrogen-bond donors (Lipinski definition) is 2. The largest absolute Gasteiger partial charge is 0.327 e. The van der Waals surface area contributed by atoms with Gasteiger partial charge in [-0.05, 0) is 12.8 Å². The maximum atomic E-state index is 5.36. The number of nitrogens with two attached hydrogens (primary N) is 1. The minimum Gasteiger partial charge on any atom is -0.327 e. The van der Waals surface area contributed by atoms with Crippen LogP contribution in [0.2, 0.25) is 0 Å². The Balaban J connectivity index is 2.08. The molecule has 0 aliphatic heterocycles. The Morgan fingerprint density at radius 1 is 1.08 bits per heavy atom. The van der Waals surface area contributed by atoms with E-state index in [-0.39, 0.29) is 0 Å². The zero-order chi connectivity index (χ0) is 9.36. The third-order valence-corrected chi connectivity index (χ3v) is 2.68. The van der Waals surface area contributed by atoms with Crippen LogP contribution in [0.4, 0.5) is 0 Å². The summed E-state index contributed by atoms with van der Waals surface area (Å²) in [5, 5.41) is 3.55. The highest BCUT2D eigenvalue weighted by Gasteiger charge is 2.09. The monoisotopic (exact) mass is 182 g/mol. The molecule has 3 N–H and O–H groups in total. The molecular weight excluding hydrogens is 160 g/mol. The topological polar surface area (TPSA) is 38.0 Å². The van der Waals surface area contributed by atoms with Gasteiger partial charge >= 0.3 is 0 Å². The van der Waals surface area contributed by atoms with Crippen molar-refractivity contribution >= 4 is 0 Å². The van der Waals surface area contributed by atoms with Gasteiger partial charge in [0.25, 0.3) is 0 Å². The summed E-state index contributed by atoms with van der Waals surface area (Å²) in [7, 11) is 0. The minimum absolute atomic E-state index is 0.659. The Hall–Kier alpha value is -0.340. The lowest BCUT2D eigenvalue weighted by molar-refractivity contribution is 0.481. The van der Waals surface area contributed by atoms with E-state index in [0.717, 1.165) is 12.6 Å². The van der Waals surface area contributed by atoms with Gasteiger partial charge in [-0.25, -0.2) is 0 Å². The Morgan fingerprint density at radius 2 is 1.77 bits per heavy atom. The molecule has 0 bridgehead atoms. The van der Waals surface area contributed by atoms with Crippen LogP contribution in [-0.4, -0.2) is 19.1 Å². The van der Waals surface area contributed by atoms with Crippen LogP contribution in [0.15, 0.2) is 12.2 Å². The van der Waals surface area contributed by atoms with Gasteiger partial charge in [-0.1, -0.05) is 37.8 Å². The molecule has 0 unspecified atom stereocenters. The minimum atomic E-state index is 0.659. The van der Waals surface area contributed by atoms with E-state index in [1.165, 1.54) is 38.5 Å². The van der Waals surface area contributed by atoms with Crippen molar-refractivity contribution in [3.05, 3.63) is 12.2 Å². The molecule has 1 aliphatic rings. The Labute approximate surface area is 81.6 Å². The standard InChI is InChI=1S/C11H22N2/c12-9-5-6-10-13-11-7-3-1-2-4-8-11/h5-6,11,13H,1-4,7-10,12H2/b6-5+. The molecule has 1 fully saturated rings. The van der Waals surface area contributed by atoms with E-state index in [1.54, 1.807) is 0 Å². The number of hydrogen-bond acceptors (Lipinski definition) is 2. The molecule has 1 rings (SSSR count). The van der Waals surface area contributed by atoms with Gasteiger partial charge in [0.05, 0.1) is 0 Å². The fourth-order valence-electron chi connectivity index (χ4n) is 1.90. The molecule has 2 nitrogen and oxygen atoms in total. The SMILES string of the molecule is NC/C=C/CNC1CCCCCC1. The lowest BCUT2D eigenvalue weighted by Crippen LogP contribution is -2.28. The molecule has 0 spiro atoms. The van der Waals surface area contributed by atoms with Crippen LogP contribution in [0.5, 0.6) is 0 Å². The van der Waals surface area contributed by atoms with Gasteiger partial charge in [0.15, 0.2) is 0 Å². The van der Waals surface area contributed by atoms with E-state index in [1.807, 2.05) is 6.08 Å². The summed E-state index contributed by atoms with van der Waals surface area (Å²) in [6.45, 7) is 1.65. The first kappa shape index (κ1) is 10.7. The van der Waals surface area contributed by atoms with E-state index in [9.17, 15) is 0 Å². The highest BCUT2D eigenvalue weighted by molar-refractivity contribution is 4.86. The highest BCUT2D eigenvalue weighted by Crippen LogP contribution is 2.16. The normalized spacial score (nSPS) is 20.7. The second kappa shape index (κ2) is 7.10. The van der Waals surface area contributed by atoms with Crippen LogP contribution in [-0.2, 0) is 0 Å². The molecule has 0 atom stereocenters. The molecule has 0 saturated heterocycles. The summed E-state index contributed by atoms with van der Waals surface area (Å²) in [4.78, 5) is 0. The lowest BCUT2D eigenvalue weighted by Gasteiger charge is -2.14. The lowest BCUT2D eigenvalue weighted by atomic mass is 10.1. The van der Waals surface area contributed by atoms with Gasteiger partial charge < -0.3 is 11.1 Å². The zero-order valence-corrected chi connectivity index (χ0v) is 8.47. The smallest absolute Gasteiger partial charge is 0.0137 e. The second-order valence-corrected chi connectivity index (χ2v) is 3.80. The fourth-order valence-corrected chi connectivity index (χ4v) is 1.90. The molecule has 0 aromatic rings. The molecule has 0 amide bonds. The predicted molar refractivity (Wildman–Crippen MR) is 57.7 cm³/mol. The first-order chi connectivity index (χ1) is 6.43. The van der Waals surface area contributed by atoms with E-state index < -0.39 is 0 Å². The molecule has 2 heteroatoms. The maximum Gasteiger partial charge on any atom is 0.0137 e. The van der Waals surface area contributed by atoms with Crippen molar-refractivity contribution in [1.82, 2.24) is 5.32 Å². The summed E-state index contributed by atoms with van der Waals surface area (Å²) < 4.78 is 0. The van der Waals surface area contributed by atoms with Gasteiger partial charge in [0.1, 0.15) is 0 Å². The molecule has 1 saturated carbocycles. The number of rotatable bonds is 4. The third kappa shape index (κ3) is 5.06. The van der Waals surface area contributed by atoms with E-state index in [0.29, 0.717) is 6.54 Å². The van der Waals surface area contributed by atoms with E-state index in [2.05, 4.69) is 11.4 Å². The molecule has 0 aromatic carbocycles. The molecule has 13 heavy (non-hydrogen) atoms. The predicted octanol–water partition coefficient (Wildman–Crippen LogP) is 1.81. The van der Waals surface area contributed by atoms with Crippen LogP contribution in [0.3, 0.4) is 0 Å². The van der Waals surface area contributed by atoms with Gasteiger partial charge in [-0.2, -0.15) is 0 Å². The molecule has 76 valence electrons. The van der Waals surface area contributed by atoms with Gasteiger partial charge in [0, 0.05) is 19.1 Å². The van der Waals surface area contributed by atoms with Crippen LogP contribution in [0, 0.1) is 0 Å². The van der Waals surface area contributed by atoms with Crippen LogP contribution < -0.4 is 11.1 Å². The van der Waals surface area contributed by atoms with Gasteiger partial charge in [-0.15, -0.1) is 0 Å². The summed E-state index contributed by atoms with van der Waals surface area (Å²) in [6.07, 6.45) is 12.5. The number of nitrogens with one attached hydrogen (secondary N) is 1. The van der Waals surface area contributed by atoms with E-state index >= 15 is 0 Å². The highest BCUT2D eigenvalue weighted by atomic mass is 14.9. The molecule has 0 heterocycles. The first-order valence-electron chi connectivity index (χ1n) is 5.52. The summed E-state index contributed by atoms with van der Waals surface area (Å²) in [5.41, 5.74) is 5.36. The Kier molecular flexibility index (Phi) is 5.87. The van der Waals surface area contributed by atoms with Crippen LogP contribution in [0.1, 0.15) is 38.5 Å². The molecule has 0 aromatic heterocycles. The van der Waals surface area contributed by atoms with Crippen LogP contribution >= 0.6 is 0 Å². The fraction of sp³-hybridized carbons (Fsp3) is 0.818. The average molecular weight is 182 g/mol. The van der Waals surface area contributed by atoms with Crippen molar-refractivity contribution < 1.29 is 0 Å². The van der Waals surface area contributed by atoms with Gasteiger partial charge in [0.2, 0.25) is 0 Å². The Bertz CT molecular complexity index is 135. The summed E-state index contributed by atoms with van der Waals surface area (Å²) >= 11 is 0. The quantitative estimate of drug-likeness (QED) is 0.514. The second-order valence-electron chi connectivity index (χ2n) is 3.80. The first-order valence-corrected chi connectivity index (χ1v) is 5.52. The molecule has 0 radical (unpaired) electrons. The maximum absolute atomic E-state index is 5.36. The van der Waals surface area contributed by atoms with Gasteiger partial charge in [-0.3, -0.25) is 0 Å². The zero-order valence-electron chi connectivity index (χ0n) is 8.47. The third-order valence-electron chi connectivity index (χ3n) is 2.68. The van der Waals surface area contributed by atoms with Crippen molar-refractivity contribution in [3.63, 3.8) is 0 Å². The van der Waals surface area contributed by atoms with Crippen molar-refractivity contribution in [1.29, 1.82) is 0 Å². The summed E-state index contributed by atoms with van der Waals surface area (Å²) in [6, 6.07) is 0.755. The van der Waals surface area contributed by atoms with Crippen molar-refractivity contribution in [3.8, 4) is 0 Å². The average Bonchev–Trinajstić information content (AvgIpc) is 2.41. The van der Waals surface area contributed by atoms with Crippen molar-refractivity contribution in [2.24, 2.45) is 5.73 Å². The van der Waals surface area contributed by atoms with Crippen molar-refractivity contribution in [2.75, 3.05) is 13.1 Å². The molecule has 1 aliphatic carbocycles.